The van der Waals surface area contributed by atoms with E-state index in [-0.39, 0.29) is 0 Å². The molecule has 196 valence electrons. The molecule has 2 aliphatic rings. The van der Waals surface area contributed by atoms with Gasteiger partial charge in [0.25, 0.3) is 0 Å². The molecular formula is C32H40N2O3. The van der Waals surface area contributed by atoms with Gasteiger partial charge in [0.1, 0.15) is 23.9 Å². The van der Waals surface area contributed by atoms with Gasteiger partial charge in [-0.1, -0.05) is 24.3 Å². The molecule has 0 bridgehead atoms. The minimum absolute atomic E-state index is 0.363. The monoisotopic (exact) mass is 500 g/mol. The molecule has 0 radical (unpaired) electrons. The van der Waals surface area contributed by atoms with E-state index in [2.05, 4.69) is 65.3 Å². The third-order valence-corrected chi connectivity index (χ3v) is 7.99. The van der Waals surface area contributed by atoms with Gasteiger partial charge in [-0.15, -0.1) is 0 Å². The summed E-state index contributed by atoms with van der Waals surface area (Å²) in [7, 11) is 1.74. The number of rotatable bonds is 10. The van der Waals surface area contributed by atoms with Crippen molar-refractivity contribution in [2.75, 3.05) is 44.8 Å². The highest BCUT2D eigenvalue weighted by atomic mass is 16.5. The van der Waals surface area contributed by atoms with Crippen molar-refractivity contribution in [1.82, 2.24) is 4.90 Å². The molecule has 5 rings (SSSR count). The van der Waals surface area contributed by atoms with Crippen molar-refractivity contribution < 1.29 is 14.6 Å². The second-order valence-corrected chi connectivity index (χ2v) is 10.4. The van der Waals surface area contributed by atoms with Crippen LogP contribution in [-0.4, -0.2) is 49.9 Å². The molecule has 0 aromatic heterocycles. The number of ether oxygens (including phenoxy) is 2. The van der Waals surface area contributed by atoms with Gasteiger partial charge in [0.2, 0.25) is 0 Å². The van der Waals surface area contributed by atoms with E-state index in [4.69, 9.17) is 9.47 Å². The van der Waals surface area contributed by atoms with Gasteiger partial charge >= 0.3 is 0 Å². The third kappa shape index (κ3) is 6.22. The molecule has 1 saturated heterocycles. The maximum Gasteiger partial charge on any atom is 0.120 e. The molecule has 0 spiro atoms. The van der Waals surface area contributed by atoms with E-state index in [1.165, 1.54) is 53.9 Å². The van der Waals surface area contributed by atoms with Crippen LogP contribution in [0.3, 0.4) is 0 Å². The fourth-order valence-electron chi connectivity index (χ4n) is 5.85. The number of fused-ring (bicyclic) bond motifs is 1. The molecule has 3 aromatic carbocycles. The molecular weight excluding hydrogens is 460 g/mol. The van der Waals surface area contributed by atoms with Gasteiger partial charge in [-0.05, 0) is 111 Å². The van der Waals surface area contributed by atoms with Gasteiger partial charge in [0.15, 0.2) is 0 Å². The molecule has 37 heavy (non-hydrogen) atoms. The minimum atomic E-state index is 0.363. The Bertz CT molecular complexity index is 1170. The van der Waals surface area contributed by atoms with Crippen molar-refractivity contribution in [2.24, 2.45) is 0 Å². The fraction of sp³-hybridized carbons (Fsp3) is 0.438. The van der Waals surface area contributed by atoms with Crippen LogP contribution >= 0.6 is 0 Å². The zero-order chi connectivity index (χ0) is 25.6. The number of methoxy groups -OCH3 is 1. The number of phenols is 1. The van der Waals surface area contributed by atoms with Gasteiger partial charge in [-0.25, -0.2) is 0 Å². The largest absolute Gasteiger partial charge is 0.508 e. The van der Waals surface area contributed by atoms with E-state index in [0.717, 1.165) is 57.0 Å². The van der Waals surface area contributed by atoms with Gasteiger partial charge in [-0.2, -0.15) is 0 Å². The molecule has 1 atom stereocenters. The van der Waals surface area contributed by atoms with Crippen molar-refractivity contribution in [1.29, 1.82) is 0 Å². The highest BCUT2D eigenvalue weighted by Gasteiger charge is 2.24. The number of nitrogens with zero attached hydrogens (tertiary/aromatic N) is 2. The first-order valence-electron chi connectivity index (χ1n) is 13.8. The van der Waals surface area contributed by atoms with Crippen LogP contribution in [0.25, 0.3) is 0 Å². The summed E-state index contributed by atoms with van der Waals surface area (Å²) in [6, 6.07) is 21.0. The SMILES string of the molecule is CCN(Cc1ccc(OCCN2CCCC2)cc1)c1cc(OC)ccc1[C@H]1CCc2cc(O)ccc2C1. The lowest BCUT2D eigenvalue weighted by Gasteiger charge is -2.32. The Labute approximate surface area is 221 Å². The van der Waals surface area contributed by atoms with Gasteiger partial charge in [-0.3, -0.25) is 4.90 Å². The van der Waals surface area contributed by atoms with Crippen LogP contribution in [0.1, 0.15) is 54.4 Å². The standard InChI is InChI=1S/C32H40N2O3/c1-3-34(23-24-6-12-29(13-7-24)37-19-18-33-16-4-5-17-33)32-22-30(36-2)14-15-31(32)27-9-8-26-21-28(35)11-10-25(26)20-27/h6-7,10-15,21-22,27,35H,3-5,8-9,16-20,23H2,1-2H3/t27-/m0/s1. The van der Waals surface area contributed by atoms with Crippen molar-refractivity contribution in [3.05, 3.63) is 82.9 Å². The highest BCUT2D eigenvalue weighted by Crippen LogP contribution is 2.40. The molecule has 1 heterocycles. The minimum Gasteiger partial charge on any atom is -0.508 e. The summed E-state index contributed by atoms with van der Waals surface area (Å²) in [5, 5.41) is 9.89. The van der Waals surface area contributed by atoms with Crippen molar-refractivity contribution in [2.45, 2.75) is 51.5 Å². The average Bonchev–Trinajstić information content (AvgIpc) is 3.45. The van der Waals surface area contributed by atoms with Crippen LogP contribution < -0.4 is 14.4 Å². The molecule has 1 aliphatic heterocycles. The number of hydrogen-bond acceptors (Lipinski definition) is 5. The van der Waals surface area contributed by atoms with Crippen LogP contribution in [-0.2, 0) is 19.4 Å². The number of phenolic OH excluding ortho intramolecular Hbond substituents is 1. The summed E-state index contributed by atoms with van der Waals surface area (Å²) in [6.45, 7) is 8.14. The van der Waals surface area contributed by atoms with Crippen LogP contribution in [0.5, 0.6) is 17.2 Å². The Morgan fingerprint density at radius 1 is 0.946 bits per heavy atom. The second kappa shape index (κ2) is 11.9. The number of aryl methyl sites for hydroxylation is 1. The van der Waals surface area contributed by atoms with Crippen molar-refractivity contribution >= 4 is 5.69 Å². The molecule has 1 N–H and O–H groups in total. The molecule has 5 heteroatoms. The van der Waals surface area contributed by atoms with Crippen LogP contribution in [0.2, 0.25) is 0 Å². The molecule has 1 aliphatic carbocycles. The predicted molar refractivity (Wildman–Crippen MR) is 150 cm³/mol. The van der Waals surface area contributed by atoms with E-state index in [1.54, 1.807) is 7.11 Å². The van der Waals surface area contributed by atoms with Gasteiger partial charge in [0, 0.05) is 31.4 Å². The lowest BCUT2D eigenvalue weighted by atomic mass is 9.79. The lowest BCUT2D eigenvalue weighted by Crippen LogP contribution is -2.25. The highest BCUT2D eigenvalue weighted by molar-refractivity contribution is 5.60. The zero-order valence-electron chi connectivity index (χ0n) is 22.3. The lowest BCUT2D eigenvalue weighted by molar-refractivity contribution is 0.238. The summed E-state index contributed by atoms with van der Waals surface area (Å²) in [6.07, 6.45) is 5.70. The first-order chi connectivity index (χ1) is 18.1. The van der Waals surface area contributed by atoms with E-state index in [9.17, 15) is 5.11 Å². The Morgan fingerprint density at radius 3 is 2.49 bits per heavy atom. The van der Waals surface area contributed by atoms with E-state index < -0.39 is 0 Å². The molecule has 0 unspecified atom stereocenters. The Morgan fingerprint density at radius 2 is 1.73 bits per heavy atom. The quantitative estimate of drug-likeness (QED) is 0.360. The van der Waals surface area contributed by atoms with Gasteiger partial charge < -0.3 is 19.5 Å². The Kier molecular flexibility index (Phi) is 8.20. The predicted octanol–water partition coefficient (Wildman–Crippen LogP) is 6.17. The number of likely N-dealkylation sites (tertiary alicyclic amines) is 1. The summed E-state index contributed by atoms with van der Waals surface area (Å²) in [5.74, 6) is 2.64. The first kappa shape index (κ1) is 25.5. The third-order valence-electron chi connectivity index (χ3n) is 7.99. The maximum absolute atomic E-state index is 9.89. The summed E-state index contributed by atoms with van der Waals surface area (Å²) in [4.78, 5) is 4.93. The Balaban J connectivity index is 1.29. The number of hydrogen-bond donors (Lipinski definition) is 1. The molecule has 0 saturated carbocycles. The molecule has 0 amide bonds. The van der Waals surface area contributed by atoms with E-state index >= 15 is 0 Å². The molecule has 5 nitrogen and oxygen atoms in total. The van der Waals surface area contributed by atoms with Crippen LogP contribution in [0, 0.1) is 0 Å². The van der Waals surface area contributed by atoms with Crippen molar-refractivity contribution in [3.63, 3.8) is 0 Å². The molecule has 3 aromatic rings. The topological polar surface area (TPSA) is 45.2 Å². The van der Waals surface area contributed by atoms with E-state index in [0.29, 0.717) is 11.7 Å². The first-order valence-corrected chi connectivity index (χ1v) is 13.8. The van der Waals surface area contributed by atoms with Gasteiger partial charge in [0.05, 0.1) is 7.11 Å². The van der Waals surface area contributed by atoms with Crippen LogP contribution in [0.4, 0.5) is 5.69 Å². The summed E-state index contributed by atoms with van der Waals surface area (Å²) < 4.78 is 11.6. The fourth-order valence-corrected chi connectivity index (χ4v) is 5.85. The number of benzene rings is 3. The Hall–Kier alpha value is -3.18. The normalized spacial score (nSPS) is 17.4. The van der Waals surface area contributed by atoms with E-state index in [1.807, 2.05) is 12.1 Å². The molecule has 1 fully saturated rings. The summed E-state index contributed by atoms with van der Waals surface area (Å²) >= 11 is 0. The smallest absolute Gasteiger partial charge is 0.120 e. The number of aromatic hydroxyl groups is 1. The second-order valence-electron chi connectivity index (χ2n) is 10.4. The number of anilines is 1. The van der Waals surface area contributed by atoms with Crippen molar-refractivity contribution in [3.8, 4) is 17.2 Å². The zero-order valence-corrected chi connectivity index (χ0v) is 22.3. The van der Waals surface area contributed by atoms with Crippen LogP contribution in [0.15, 0.2) is 60.7 Å². The average molecular weight is 501 g/mol. The maximum atomic E-state index is 9.89. The summed E-state index contributed by atoms with van der Waals surface area (Å²) in [5.41, 5.74) is 6.52.